The molecule has 27 heavy (non-hydrogen) atoms. The minimum absolute atomic E-state index is 0.541. The van der Waals surface area contributed by atoms with Crippen molar-refractivity contribution in [2.75, 3.05) is 0 Å². The van der Waals surface area contributed by atoms with Crippen LogP contribution in [0, 0.1) is 6.92 Å². The molecule has 7 heteroatoms. The molecule has 138 valence electrons. The summed E-state index contributed by atoms with van der Waals surface area (Å²) in [6.07, 6.45) is 1.03. The van der Waals surface area contributed by atoms with Gasteiger partial charge in [-0.15, -0.1) is 10.2 Å². The Bertz CT molecular complexity index is 1070. The van der Waals surface area contributed by atoms with Crippen LogP contribution in [-0.2, 0) is 12.3 Å². The second kappa shape index (κ2) is 7.74. The number of nitrogens with zero attached hydrogens (tertiary/aromatic N) is 4. The summed E-state index contributed by atoms with van der Waals surface area (Å²) in [5.41, 5.74) is 4.13. The molecule has 2 aromatic carbocycles. The first-order chi connectivity index (χ1) is 13.1. The zero-order valence-corrected chi connectivity index (χ0v) is 16.7. The lowest BCUT2D eigenvalue weighted by molar-refractivity contribution is 0.528. The summed E-state index contributed by atoms with van der Waals surface area (Å²) in [5, 5.41) is 9.97. The first-order valence-electron chi connectivity index (χ1n) is 8.82. The molecule has 4 aromatic rings. The Morgan fingerprint density at radius 2 is 1.93 bits per heavy atom. The Hall–Kier alpha value is -2.31. The number of fused-ring (bicyclic) bond motifs is 1. The molecule has 0 N–H and O–H groups in total. The molecule has 0 saturated carbocycles. The molecule has 4 rings (SSSR count). The lowest BCUT2D eigenvalue weighted by atomic mass is 10.1. The minimum atomic E-state index is 0.541. The van der Waals surface area contributed by atoms with Crippen molar-refractivity contribution in [1.82, 2.24) is 19.7 Å². The molecule has 5 nitrogen and oxygen atoms in total. The third-order valence-electron chi connectivity index (χ3n) is 4.21. The standard InChI is InChI=1S/C20H19ClN4OS/c1-3-10-25-17-9-8-15(21)11-16(17)22-20(25)27-12-18-23-24-19(26-18)14-6-4-13(2)5-7-14/h4-9,11H,3,10,12H2,1-2H3. The van der Waals surface area contributed by atoms with Gasteiger partial charge in [0.15, 0.2) is 5.16 Å². The van der Waals surface area contributed by atoms with Crippen LogP contribution in [0.25, 0.3) is 22.5 Å². The van der Waals surface area contributed by atoms with Gasteiger partial charge in [-0.1, -0.05) is 48.0 Å². The number of aryl methyl sites for hydroxylation is 2. The summed E-state index contributed by atoms with van der Waals surface area (Å²) < 4.78 is 8.04. The molecule has 0 unspecified atom stereocenters. The van der Waals surface area contributed by atoms with E-state index >= 15 is 0 Å². The van der Waals surface area contributed by atoms with Crippen molar-refractivity contribution >= 4 is 34.4 Å². The number of aromatic nitrogens is 4. The Kier molecular flexibility index (Phi) is 5.18. The Morgan fingerprint density at radius 3 is 2.70 bits per heavy atom. The number of hydrogen-bond donors (Lipinski definition) is 0. The van der Waals surface area contributed by atoms with E-state index < -0.39 is 0 Å². The van der Waals surface area contributed by atoms with Crippen molar-refractivity contribution < 1.29 is 4.42 Å². The van der Waals surface area contributed by atoms with Gasteiger partial charge in [0.2, 0.25) is 11.8 Å². The maximum Gasteiger partial charge on any atom is 0.247 e. The average molecular weight is 399 g/mol. The monoisotopic (exact) mass is 398 g/mol. The van der Waals surface area contributed by atoms with Crippen LogP contribution in [0.5, 0.6) is 0 Å². The van der Waals surface area contributed by atoms with Crippen molar-refractivity contribution in [3.8, 4) is 11.5 Å². The highest BCUT2D eigenvalue weighted by Gasteiger charge is 2.14. The van der Waals surface area contributed by atoms with Crippen LogP contribution in [0.1, 0.15) is 24.8 Å². The average Bonchev–Trinajstić information content (AvgIpc) is 3.26. The van der Waals surface area contributed by atoms with Crippen LogP contribution in [0.2, 0.25) is 5.02 Å². The van der Waals surface area contributed by atoms with Crippen LogP contribution in [0.15, 0.2) is 52.0 Å². The lowest BCUT2D eigenvalue weighted by Gasteiger charge is -2.06. The van der Waals surface area contributed by atoms with Crippen LogP contribution in [-0.4, -0.2) is 19.7 Å². The number of imidazole rings is 1. The van der Waals surface area contributed by atoms with E-state index in [0.717, 1.165) is 34.7 Å². The summed E-state index contributed by atoms with van der Waals surface area (Å²) in [6, 6.07) is 13.9. The van der Waals surface area contributed by atoms with Gasteiger partial charge in [-0.3, -0.25) is 0 Å². The van der Waals surface area contributed by atoms with E-state index in [9.17, 15) is 0 Å². The predicted molar refractivity (Wildman–Crippen MR) is 109 cm³/mol. The second-order valence-electron chi connectivity index (χ2n) is 6.33. The van der Waals surface area contributed by atoms with Gasteiger partial charge in [0.25, 0.3) is 0 Å². The molecule has 0 bridgehead atoms. The fourth-order valence-corrected chi connectivity index (χ4v) is 3.93. The SMILES string of the molecule is CCCn1c(SCc2nnc(-c3ccc(C)cc3)o2)nc2cc(Cl)ccc21. The third-order valence-corrected chi connectivity index (χ3v) is 5.41. The summed E-state index contributed by atoms with van der Waals surface area (Å²) in [5.74, 6) is 1.70. The van der Waals surface area contributed by atoms with Gasteiger partial charge in [0.05, 0.1) is 16.8 Å². The highest BCUT2D eigenvalue weighted by molar-refractivity contribution is 7.98. The number of benzene rings is 2. The van der Waals surface area contributed by atoms with Gasteiger partial charge in [0, 0.05) is 17.1 Å². The Morgan fingerprint density at radius 1 is 1.11 bits per heavy atom. The minimum Gasteiger partial charge on any atom is -0.420 e. The van der Waals surface area contributed by atoms with Gasteiger partial charge in [-0.2, -0.15) is 0 Å². The fraction of sp³-hybridized carbons (Fsp3) is 0.250. The van der Waals surface area contributed by atoms with Gasteiger partial charge in [-0.25, -0.2) is 4.98 Å². The molecule has 0 radical (unpaired) electrons. The van der Waals surface area contributed by atoms with Crippen LogP contribution in [0.4, 0.5) is 0 Å². The Labute approximate surface area is 166 Å². The lowest BCUT2D eigenvalue weighted by Crippen LogP contribution is -1.98. The first kappa shape index (κ1) is 18.1. The number of thioether (sulfide) groups is 1. The maximum atomic E-state index is 6.11. The van der Waals surface area contributed by atoms with E-state index in [2.05, 4.69) is 28.6 Å². The van der Waals surface area contributed by atoms with E-state index in [0.29, 0.717) is 22.6 Å². The number of halogens is 1. The summed E-state index contributed by atoms with van der Waals surface area (Å²) >= 11 is 7.71. The predicted octanol–water partition coefficient (Wildman–Crippen LogP) is 5.75. The summed E-state index contributed by atoms with van der Waals surface area (Å²) in [4.78, 5) is 4.73. The molecule has 0 aliphatic carbocycles. The third kappa shape index (κ3) is 3.87. The zero-order chi connectivity index (χ0) is 18.8. The smallest absolute Gasteiger partial charge is 0.247 e. The van der Waals surface area contributed by atoms with Crippen LogP contribution >= 0.6 is 23.4 Å². The van der Waals surface area contributed by atoms with E-state index in [-0.39, 0.29) is 0 Å². The summed E-state index contributed by atoms with van der Waals surface area (Å²) in [7, 11) is 0. The molecule has 0 spiro atoms. The Balaban J connectivity index is 1.55. The molecular weight excluding hydrogens is 380 g/mol. The summed E-state index contributed by atoms with van der Waals surface area (Å²) in [6.45, 7) is 5.11. The molecular formula is C20H19ClN4OS. The van der Waals surface area contributed by atoms with Crippen molar-refractivity contribution in [3.63, 3.8) is 0 Å². The van der Waals surface area contributed by atoms with E-state index in [1.807, 2.05) is 42.5 Å². The first-order valence-corrected chi connectivity index (χ1v) is 10.2. The highest BCUT2D eigenvalue weighted by Crippen LogP contribution is 2.29. The van der Waals surface area contributed by atoms with Gasteiger partial charge in [0.1, 0.15) is 0 Å². The van der Waals surface area contributed by atoms with E-state index in [1.54, 1.807) is 11.8 Å². The van der Waals surface area contributed by atoms with Crippen LogP contribution in [0.3, 0.4) is 0 Å². The molecule has 2 heterocycles. The molecule has 0 saturated heterocycles. The van der Waals surface area contributed by atoms with Crippen molar-refractivity contribution in [1.29, 1.82) is 0 Å². The zero-order valence-electron chi connectivity index (χ0n) is 15.1. The molecule has 0 aliphatic rings. The highest BCUT2D eigenvalue weighted by atomic mass is 35.5. The number of rotatable bonds is 6. The molecule has 0 atom stereocenters. The number of hydrogen-bond acceptors (Lipinski definition) is 5. The van der Waals surface area contributed by atoms with Crippen LogP contribution < -0.4 is 0 Å². The van der Waals surface area contributed by atoms with E-state index in [1.165, 1.54) is 5.56 Å². The van der Waals surface area contributed by atoms with Gasteiger partial charge < -0.3 is 8.98 Å². The topological polar surface area (TPSA) is 56.7 Å². The second-order valence-corrected chi connectivity index (χ2v) is 7.71. The van der Waals surface area contributed by atoms with E-state index in [4.69, 9.17) is 21.0 Å². The quantitative estimate of drug-likeness (QED) is 0.387. The fourth-order valence-electron chi connectivity index (χ4n) is 2.88. The van der Waals surface area contributed by atoms with Crippen molar-refractivity contribution in [2.24, 2.45) is 0 Å². The normalized spacial score (nSPS) is 11.4. The van der Waals surface area contributed by atoms with Crippen molar-refractivity contribution in [2.45, 2.75) is 37.7 Å². The molecule has 0 fully saturated rings. The molecule has 2 aromatic heterocycles. The van der Waals surface area contributed by atoms with Gasteiger partial charge in [-0.05, 0) is 43.7 Å². The molecule has 0 aliphatic heterocycles. The molecule has 0 amide bonds. The van der Waals surface area contributed by atoms with Crippen molar-refractivity contribution in [3.05, 3.63) is 58.9 Å². The van der Waals surface area contributed by atoms with Gasteiger partial charge >= 0.3 is 0 Å². The maximum absolute atomic E-state index is 6.11. The largest absolute Gasteiger partial charge is 0.420 e.